The minimum absolute atomic E-state index is 0. The number of halogens is 2. The zero-order valence-corrected chi connectivity index (χ0v) is 15.8. The molecule has 3 aliphatic rings. The molecule has 28 heavy (non-hydrogen) atoms. The fourth-order valence-corrected chi connectivity index (χ4v) is 5.08. The summed E-state index contributed by atoms with van der Waals surface area (Å²) in [6.07, 6.45) is 10.9. The quantitative estimate of drug-likeness (QED) is 0.493. The topological polar surface area (TPSA) is 0 Å². The Balaban J connectivity index is 0.000000159. The highest BCUT2D eigenvalue weighted by molar-refractivity contribution is 5.65. The van der Waals surface area contributed by atoms with Crippen LogP contribution in [0, 0.1) is 5.92 Å². The van der Waals surface area contributed by atoms with Crippen molar-refractivity contribution in [3.8, 4) is 0 Å². The highest BCUT2D eigenvalue weighted by Gasteiger charge is 2.80. The van der Waals surface area contributed by atoms with Crippen molar-refractivity contribution >= 4 is 5.57 Å². The molecule has 2 aromatic carbocycles. The van der Waals surface area contributed by atoms with E-state index in [4.69, 9.17) is 0 Å². The molecule has 5 rings (SSSR count). The molecule has 150 valence electrons. The lowest BCUT2D eigenvalue weighted by atomic mass is 9.82. The molecule has 2 aromatic rings. The van der Waals surface area contributed by atoms with Gasteiger partial charge in [-0.1, -0.05) is 87.0 Å². The largest absolute Gasteiger partial charge is 0.261 e. The van der Waals surface area contributed by atoms with Crippen molar-refractivity contribution in [1.82, 2.24) is 0 Å². The van der Waals surface area contributed by atoms with Crippen LogP contribution in [0.5, 0.6) is 0 Å². The van der Waals surface area contributed by atoms with Gasteiger partial charge in [0.05, 0.1) is 5.41 Å². The summed E-state index contributed by atoms with van der Waals surface area (Å²) >= 11 is 0. The summed E-state index contributed by atoms with van der Waals surface area (Å²) in [4.78, 5) is 0. The first-order chi connectivity index (χ1) is 13.2. The Kier molecular flexibility index (Phi) is 6.37. The summed E-state index contributed by atoms with van der Waals surface area (Å²) < 4.78 is 27.7. The van der Waals surface area contributed by atoms with Gasteiger partial charge >= 0.3 is 0 Å². The third kappa shape index (κ3) is 3.66. The average Bonchev–Trinajstić information content (AvgIpc) is 3.27. The van der Waals surface area contributed by atoms with Gasteiger partial charge in [0.2, 0.25) is 0 Å². The number of rotatable bonds is 2. The zero-order valence-electron chi connectivity index (χ0n) is 15.8. The van der Waals surface area contributed by atoms with E-state index in [0.717, 1.165) is 18.4 Å². The van der Waals surface area contributed by atoms with Crippen LogP contribution in [0.15, 0.2) is 66.7 Å². The Morgan fingerprint density at radius 2 is 1.46 bits per heavy atom. The summed E-state index contributed by atoms with van der Waals surface area (Å²) in [5, 5.41) is 0. The van der Waals surface area contributed by atoms with Crippen LogP contribution in [0.25, 0.3) is 5.57 Å². The van der Waals surface area contributed by atoms with Crippen LogP contribution in [-0.2, 0) is 5.41 Å². The zero-order chi connectivity index (χ0) is 18.7. The van der Waals surface area contributed by atoms with Gasteiger partial charge in [-0.05, 0) is 55.2 Å². The second-order valence-corrected chi connectivity index (χ2v) is 8.10. The predicted octanol–water partition coefficient (Wildman–Crippen LogP) is 8.04. The summed E-state index contributed by atoms with van der Waals surface area (Å²) in [7, 11) is 0. The molecule has 0 spiro atoms. The molecule has 0 N–H and O–H groups in total. The molecule has 0 saturated heterocycles. The van der Waals surface area contributed by atoms with E-state index in [-0.39, 0.29) is 13.3 Å². The van der Waals surface area contributed by atoms with E-state index in [1.165, 1.54) is 31.2 Å². The minimum Gasteiger partial charge on any atom is -0.205 e. The van der Waals surface area contributed by atoms with Gasteiger partial charge in [0.25, 0.3) is 5.92 Å². The highest BCUT2D eigenvalue weighted by atomic mass is 19.3. The van der Waals surface area contributed by atoms with Crippen LogP contribution in [0.2, 0.25) is 0 Å². The van der Waals surface area contributed by atoms with Crippen molar-refractivity contribution in [2.45, 2.75) is 70.1 Å². The number of alkyl halides is 2. The molecule has 2 heteroatoms. The highest BCUT2D eigenvalue weighted by Crippen LogP contribution is 2.72. The molecule has 2 fully saturated rings. The fourth-order valence-electron chi connectivity index (χ4n) is 5.08. The Hall–Kier alpha value is -1.96. The summed E-state index contributed by atoms with van der Waals surface area (Å²) in [6, 6.07) is 20.1. The summed E-state index contributed by atoms with van der Waals surface area (Å²) in [5.41, 5.74) is 3.01. The Morgan fingerprint density at radius 3 is 2.07 bits per heavy atom. The average molecular weight is 383 g/mol. The fraction of sp³-hybridized carbons (Fsp3) is 0.462. The molecule has 0 amide bonds. The van der Waals surface area contributed by atoms with Gasteiger partial charge in [0.15, 0.2) is 0 Å². The molecule has 0 bridgehead atoms. The lowest BCUT2D eigenvalue weighted by Gasteiger charge is -2.20. The Labute approximate surface area is 168 Å². The molecular formula is C26H32F2. The third-order valence-electron chi connectivity index (χ3n) is 6.58. The number of hydrogen-bond acceptors (Lipinski definition) is 0. The normalized spacial score (nSPS) is 27.2. The summed E-state index contributed by atoms with van der Waals surface area (Å²) in [5.74, 6) is -2.84. The second kappa shape index (κ2) is 8.59. The smallest absolute Gasteiger partial charge is 0.205 e. The Morgan fingerprint density at radius 1 is 0.786 bits per heavy atom. The lowest BCUT2D eigenvalue weighted by Crippen LogP contribution is -2.18. The number of hydrogen-bond donors (Lipinski definition) is 0. The second-order valence-electron chi connectivity index (χ2n) is 8.10. The van der Waals surface area contributed by atoms with Gasteiger partial charge in [0.1, 0.15) is 0 Å². The minimum atomic E-state index is -2.45. The predicted molar refractivity (Wildman–Crippen MR) is 115 cm³/mol. The van der Waals surface area contributed by atoms with Crippen LogP contribution in [0.3, 0.4) is 0 Å². The first-order valence-corrected chi connectivity index (χ1v) is 10.3. The van der Waals surface area contributed by atoms with Crippen molar-refractivity contribution in [2.75, 3.05) is 0 Å². The number of fused-ring (bicyclic) bond motifs is 1. The van der Waals surface area contributed by atoms with E-state index < -0.39 is 11.3 Å². The maximum Gasteiger partial charge on any atom is 0.261 e. The maximum absolute atomic E-state index is 13.8. The van der Waals surface area contributed by atoms with Crippen molar-refractivity contribution in [1.29, 1.82) is 0 Å². The van der Waals surface area contributed by atoms with Gasteiger partial charge in [-0.3, -0.25) is 0 Å². The van der Waals surface area contributed by atoms with Crippen molar-refractivity contribution < 1.29 is 8.78 Å². The molecule has 0 aliphatic heterocycles. The van der Waals surface area contributed by atoms with Crippen LogP contribution < -0.4 is 0 Å². The molecule has 0 heterocycles. The van der Waals surface area contributed by atoms with Gasteiger partial charge in [0, 0.05) is 5.92 Å². The van der Waals surface area contributed by atoms with Gasteiger partial charge < -0.3 is 0 Å². The van der Waals surface area contributed by atoms with E-state index >= 15 is 0 Å². The molecule has 0 radical (unpaired) electrons. The molecule has 2 atom stereocenters. The van der Waals surface area contributed by atoms with E-state index in [9.17, 15) is 8.78 Å². The van der Waals surface area contributed by atoms with Crippen LogP contribution in [0.1, 0.15) is 69.9 Å². The molecule has 0 nitrogen and oxygen atoms in total. The first-order valence-electron chi connectivity index (χ1n) is 10.3. The standard InChI is InChI=1S/C13H14F2.C12H14.CH4/c14-13(15)11-8-4-5-9-12(11,13)10-6-2-1-3-7-10;1-3-7-11(8-4-1)12-9-5-2-6-10-12;/h1-3,6-7,11H,4-5,8-9H2;1,3-4,7-9H,2,5-6,10H2;1H4/t11?,12-;;/m1../s1. The van der Waals surface area contributed by atoms with Crippen molar-refractivity contribution in [3.63, 3.8) is 0 Å². The molecule has 2 saturated carbocycles. The molecule has 3 aliphatic carbocycles. The Bertz CT molecular complexity index is 779. The van der Waals surface area contributed by atoms with E-state index in [1.54, 1.807) is 5.57 Å². The van der Waals surface area contributed by atoms with E-state index in [1.807, 2.05) is 30.3 Å². The molecular weight excluding hydrogens is 350 g/mol. The van der Waals surface area contributed by atoms with E-state index in [2.05, 4.69) is 36.4 Å². The van der Waals surface area contributed by atoms with Gasteiger partial charge in [-0.25, -0.2) is 8.78 Å². The monoisotopic (exact) mass is 382 g/mol. The van der Waals surface area contributed by atoms with Crippen molar-refractivity contribution in [3.05, 3.63) is 77.9 Å². The SMILES string of the molecule is C.C1=C(c2ccccc2)CCCC1.FC1(F)C2CCCC[C@@]21c1ccccc1. The third-order valence-corrected chi connectivity index (χ3v) is 6.58. The van der Waals surface area contributed by atoms with Crippen LogP contribution in [0.4, 0.5) is 8.78 Å². The van der Waals surface area contributed by atoms with Gasteiger partial charge in [-0.2, -0.15) is 0 Å². The summed E-state index contributed by atoms with van der Waals surface area (Å²) in [6.45, 7) is 0. The van der Waals surface area contributed by atoms with Crippen LogP contribution in [-0.4, -0.2) is 5.92 Å². The molecule has 1 unspecified atom stereocenters. The number of benzene rings is 2. The maximum atomic E-state index is 13.8. The lowest BCUT2D eigenvalue weighted by molar-refractivity contribution is 0.0765. The molecule has 0 aromatic heterocycles. The van der Waals surface area contributed by atoms with Crippen LogP contribution >= 0.6 is 0 Å². The first kappa shape index (κ1) is 20.8. The van der Waals surface area contributed by atoms with Gasteiger partial charge in [-0.15, -0.1) is 0 Å². The van der Waals surface area contributed by atoms with Crippen molar-refractivity contribution in [2.24, 2.45) is 5.92 Å². The number of allylic oxidation sites excluding steroid dienone is 2. The van der Waals surface area contributed by atoms with E-state index in [0.29, 0.717) is 12.8 Å².